The van der Waals surface area contributed by atoms with Crippen LogP contribution in [0.2, 0.25) is 19.0 Å². The molecule has 2 atom stereocenters. The molecule has 2 aliphatic rings. The third-order valence-corrected chi connectivity index (χ3v) is 8.01. The van der Waals surface area contributed by atoms with E-state index >= 15 is 0 Å². The van der Waals surface area contributed by atoms with Gasteiger partial charge < -0.3 is 20.7 Å². The number of nitrogens with two attached hydrogens (primary N) is 1. The molecule has 2 fully saturated rings. The standard InChI is InChI=1S/C26H38N7S.C5H11B.Cs/c1-19(13-14-21(27)17-28-3)18-33-26(29-4)16-24(30-33)25-12-8-9-15-32(25)20(2)22-10-6-7-11-23(22)31-34-5;1-2-3-6-4-5-6;/h7,10-11,16,18,21,25,28,31H,2,4,8-9,12-15,17,27H2,1,3,5H3;2-5H2,1H3;/q-1;;+1/b19-18-;;. The van der Waals surface area contributed by atoms with E-state index < -0.39 is 0 Å². The molecule has 10 heteroatoms. The second-order valence-electron chi connectivity index (χ2n) is 11.0. The van der Waals surface area contributed by atoms with Gasteiger partial charge in [-0.1, -0.05) is 67.7 Å². The van der Waals surface area contributed by atoms with Crippen LogP contribution in [-0.2, 0) is 0 Å². The Kier molecular flexibility index (Phi) is 17.7. The van der Waals surface area contributed by atoms with Crippen molar-refractivity contribution in [1.29, 1.82) is 0 Å². The van der Waals surface area contributed by atoms with Crippen molar-refractivity contribution in [3.63, 3.8) is 0 Å². The largest absolute Gasteiger partial charge is 1.00 e. The van der Waals surface area contributed by atoms with Crippen LogP contribution in [0.5, 0.6) is 0 Å². The number of aliphatic imine (C=N–C) groups is 1. The van der Waals surface area contributed by atoms with Crippen LogP contribution in [0.1, 0.15) is 69.7 Å². The Labute approximate surface area is 312 Å². The number of piperidine rings is 1. The summed E-state index contributed by atoms with van der Waals surface area (Å²) < 4.78 is 5.22. The van der Waals surface area contributed by atoms with E-state index in [1.165, 1.54) is 31.0 Å². The average molecular weight is 696 g/mol. The number of likely N-dealkylation sites (N-methyl/N-ethyl adjacent to an activating group) is 1. The first kappa shape index (κ1) is 36.8. The summed E-state index contributed by atoms with van der Waals surface area (Å²) in [7, 11) is 1.93. The molecule has 0 radical (unpaired) electrons. The maximum Gasteiger partial charge on any atom is 1.00 e. The first-order chi connectivity index (χ1) is 19.4. The molecule has 2 unspecified atom stereocenters. The molecule has 41 heavy (non-hydrogen) atoms. The number of rotatable bonds is 14. The minimum Gasteiger partial charge on any atom is -0.373 e. The Morgan fingerprint density at radius 3 is 2.80 bits per heavy atom. The fourth-order valence-electron chi connectivity index (χ4n) is 5.23. The molecular formula is C31H49BCsN7S. The van der Waals surface area contributed by atoms with Crippen molar-refractivity contribution in [1.82, 2.24) is 20.0 Å². The van der Waals surface area contributed by atoms with Gasteiger partial charge in [0.15, 0.2) is 5.82 Å². The molecule has 3 heterocycles. The molecule has 1 aromatic heterocycles. The molecule has 2 saturated heterocycles. The van der Waals surface area contributed by atoms with Gasteiger partial charge in [-0.15, -0.1) is 6.07 Å². The minimum absolute atomic E-state index is 0. The van der Waals surface area contributed by atoms with Crippen LogP contribution in [0.3, 0.4) is 0 Å². The van der Waals surface area contributed by atoms with E-state index in [0.29, 0.717) is 0 Å². The number of allylic oxidation sites excluding steroid dienone is 1. The maximum absolute atomic E-state index is 6.14. The van der Waals surface area contributed by atoms with E-state index in [0.717, 1.165) is 80.4 Å². The number of hydrogen-bond acceptors (Lipinski definition) is 7. The van der Waals surface area contributed by atoms with E-state index in [-0.39, 0.29) is 81.0 Å². The van der Waals surface area contributed by atoms with Gasteiger partial charge in [0.05, 0.1) is 11.7 Å². The van der Waals surface area contributed by atoms with Crippen molar-refractivity contribution in [3.8, 4) is 0 Å². The average Bonchev–Trinajstić information content (AvgIpc) is 3.70. The van der Waals surface area contributed by atoms with Crippen molar-refractivity contribution in [3.05, 3.63) is 53.7 Å². The van der Waals surface area contributed by atoms with Crippen molar-refractivity contribution in [2.45, 2.75) is 83.4 Å². The van der Waals surface area contributed by atoms with Gasteiger partial charge >= 0.3 is 68.9 Å². The summed E-state index contributed by atoms with van der Waals surface area (Å²) in [6, 6.07) is 11.5. The van der Waals surface area contributed by atoms with Crippen molar-refractivity contribution < 1.29 is 68.9 Å². The van der Waals surface area contributed by atoms with Crippen LogP contribution >= 0.6 is 11.9 Å². The fourth-order valence-corrected chi connectivity index (χ4v) is 5.63. The Balaban J connectivity index is 0.000000744. The van der Waals surface area contributed by atoms with Gasteiger partial charge in [0.1, 0.15) is 6.71 Å². The molecule has 7 nitrogen and oxygen atoms in total. The Bertz CT molecular complexity index is 1120. The molecule has 0 aliphatic carbocycles. The first-order valence-electron chi connectivity index (χ1n) is 14.8. The van der Waals surface area contributed by atoms with Crippen LogP contribution in [0.4, 0.5) is 11.5 Å². The normalized spacial score (nSPS) is 17.2. The second kappa shape index (κ2) is 19.8. The summed E-state index contributed by atoms with van der Waals surface area (Å²) in [5.74, 6) is 0.753. The van der Waals surface area contributed by atoms with E-state index in [1.54, 1.807) is 11.9 Å². The first-order valence-corrected chi connectivity index (χ1v) is 16.0. The zero-order valence-electron chi connectivity index (χ0n) is 26.1. The topological polar surface area (TPSA) is 83.5 Å². The van der Waals surface area contributed by atoms with Gasteiger partial charge in [0, 0.05) is 37.7 Å². The summed E-state index contributed by atoms with van der Waals surface area (Å²) in [5.41, 5.74) is 11.5. The van der Waals surface area contributed by atoms with Gasteiger partial charge in [0.25, 0.3) is 0 Å². The number of nitrogens with one attached hydrogen (secondary N) is 2. The van der Waals surface area contributed by atoms with Crippen LogP contribution in [0, 0.1) is 6.07 Å². The van der Waals surface area contributed by atoms with Gasteiger partial charge in [0.2, 0.25) is 0 Å². The van der Waals surface area contributed by atoms with E-state index in [1.807, 2.05) is 42.4 Å². The molecular weight excluding hydrogens is 646 g/mol. The van der Waals surface area contributed by atoms with Crippen molar-refractivity contribution in [2.24, 2.45) is 10.7 Å². The summed E-state index contributed by atoms with van der Waals surface area (Å²) >= 11 is 1.58. The molecule has 2 aliphatic heterocycles. The predicted molar refractivity (Wildman–Crippen MR) is 178 cm³/mol. The Morgan fingerprint density at radius 1 is 1.39 bits per heavy atom. The summed E-state index contributed by atoms with van der Waals surface area (Å²) in [4.78, 5) is 6.62. The third-order valence-electron chi connectivity index (χ3n) is 7.59. The number of benzene rings is 1. The molecule has 0 bridgehead atoms. The third kappa shape index (κ3) is 11.9. The molecule has 2 aromatic rings. The molecule has 1 aromatic carbocycles. The van der Waals surface area contributed by atoms with Crippen molar-refractivity contribution in [2.75, 3.05) is 31.1 Å². The number of aromatic nitrogens is 2. The SMILES string of the molecule is C=Nc1cc(C2CCCCN2C(=C)c2c[c-]ccc2NSC)nn1/C=C(/C)CCC(N)CNC.CCCB1CC1.[Cs+]. The fraction of sp³-hybridized carbons (Fsp3) is 0.548. The molecule has 0 spiro atoms. The molecule has 4 N–H and O–H groups in total. The zero-order valence-corrected chi connectivity index (χ0v) is 33.2. The molecule has 0 amide bonds. The number of likely N-dealkylation sites (tertiary alicyclic amines) is 1. The Morgan fingerprint density at radius 2 is 2.17 bits per heavy atom. The molecule has 218 valence electrons. The van der Waals surface area contributed by atoms with E-state index in [2.05, 4.69) is 59.2 Å². The second-order valence-corrected chi connectivity index (χ2v) is 11.6. The van der Waals surface area contributed by atoms with Crippen LogP contribution in [0.15, 0.2) is 41.4 Å². The predicted octanol–water partition coefficient (Wildman–Crippen LogP) is 4.00. The van der Waals surface area contributed by atoms with Gasteiger partial charge in [-0.3, -0.25) is 0 Å². The van der Waals surface area contributed by atoms with Gasteiger partial charge in [-0.25, -0.2) is 9.67 Å². The number of nitrogens with zero attached hydrogens (tertiary/aromatic N) is 4. The summed E-state index contributed by atoms with van der Waals surface area (Å²) in [6.07, 6.45) is 15.1. The van der Waals surface area contributed by atoms with Crippen LogP contribution < -0.4 is 84.7 Å². The molecule has 0 saturated carbocycles. The van der Waals surface area contributed by atoms with Gasteiger partial charge in [-0.05, 0) is 58.5 Å². The zero-order chi connectivity index (χ0) is 28.9. The van der Waals surface area contributed by atoms with E-state index in [4.69, 9.17) is 10.8 Å². The maximum atomic E-state index is 6.14. The monoisotopic (exact) mass is 695 g/mol. The number of hydrogen-bond donors (Lipinski definition) is 3. The van der Waals surface area contributed by atoms with Gasteiger partial charge in [-0.2, -0.15) is 23.3 Å². The smallest absolute Gasteiger partial charge is 0.373 e. The van der Waals surface area contributed by atoms with Crippen LogP contribution in [0.25, 0.3) is 11.9 Å². The Hall–Kier alpha value is -0.433. The quantitative estimate of drug-likeness (QED) is 0.120. The summed E-state index contributed by atoms with van der Waals surface area (Å²) in [5, 5.41) is 8.08. The molecule has 4 rings (SSSR count). The van der Waals surface area contributed by atoms with Crippen molar-refractivity contribution >= 4 is 48.8 Å². The van der Waals surface area contributed by atoms with Crippen LogP contribution in [-0.4, -0.2) is 60.5 Å². The van der Waals surface area contributed by atoms with E-state index in [9.17, 15) is 0 Å². The minimum atomic E-state index is 0. The number of anilines is 1. The summed E-state index contributed by atoms with van der Waals surface area (Å²) in [6.45, 7) is 15.5.